The zero-order valence-electron chi connectivity index (χ0n) is 13.4. The van der Waals surface area contributed by atoms with Crippen molar-refractivity contribution in [3.8, 4) is 0 Å². The average Bonchev–Trinajstić information content (AvgIpc) is 2.98. The Kier molecular flexibility index (Phi) is 5.44. The van der Waals surface area contributed by atoms with Gasteiger partial charge in [0.15, 0.2) is 0 Å². The topological polar surface area (TPSA) is 29.5 Å². The Balaban J connectivity index is 1.87. The number of halogens is 2. The quantitative estimate of drug-likeness (QED) is 0.754. The van der Waals surface area contributed by atoms with Crippen molar-refractivity contribution in [1.29, 1.82) is 0 Å². The first kappa shape index (κ1) is 17.3. The van der Waals surface area contributed by atoms with Crippen LogP contribution in [-0.2, 0) is 16.1 Å². The summed E-state index contributed by atoms with van der Waals surface area (Å²) in [4.78, 5) is 14.5. The van der Waals surface area contributed by atoms with Gasteiger partial charge in [-0.1, -0.05) is 59.6 Å². The summed E-state index contributed by atoms with van der Waals surface area (Å²) in [6.07, 6.45) is 0. The van der Waals surface area contributed by atoms with Crippen molar-refractivity contribution in [1.82, 2.24) is 4.90 Å². The molecule has 0 aromatic heterocycles. The Hall–Kier alpha value is -1.55. The number of carbonyl (C=O) groups excluding carboxylic acids is 1. The highest BCUT2D eigenvalue weighted by atomic mass is 35.5. The summed E-state index contributed by atoms with van der Waals surface area (Å²) in [7, 11) is 1.42. The SMILES string of the molecule is COC(=O)C1CN(Cc2ccccc2)CC1c1c(Cl)cccc1Cl. The molecule has 1 aliphatic heterocycles. The van der Waals surface area contributed by atoms with E-state index < -0.39 is 0 Å². The van der Waals surface area contributed by atoms with E-state index in [1.54, 1.807) is 0 Å². The summed E-state index contributed by atoms with van der Waals surface area (Å²) in [6.45, 7) is 2.14. The van der Waals surface area contributed by atoms with Crippen LogP contribution in [0.3, 0.4) is 0 Å². The number of carbonyl (C=O) groups is 1. The Morgan fingerprint density at radius 2 is 1.75 bits per heavy atom. The van der Waals surface area contributed by atoms with Crippen LogP contribution in [0, 0.1) is 5.92 Å². The van der Waals surface area contributed by atoms with Crippen molar-refractivity contribution in [2.75, 3.05) is 20.2 Å². The van der Waals surface area contributed by atoms with E-state index in [1.807, 2.05) is 36.4 Å². The molecule has 5 heteroatoms. The van der Waals surface area contributed by atoms with Crippen LogP contribution < -0.4 is 0 Å². The van der Waals surface area contributed by atoms with Crippen molar-refractivity contribution >= 4 is 29.2 Å². The molecular formula is C19H19Cl2NO2. The first-order chi connectivity index (χ1) is 11.6. The predicted molar refractivity (Wildman–Crippen MR) is 96.4 cm³/mol. The van der Waals surface area contributed by atoms with Crippen molar-refractivity contribution in [2.24, 2.45) is 5.92 Å². The lowest BCUT2D eigenvalue weighted by atomic mass is 9.89. The number of likely N-dealkylation sites (tertiary alicyclic amines) is 1. The minimum atomic E-state index is -0.267. The van der Waals surface area contributed by atoms with Gasteiger partial charge in [0, 0.05) is 35.6 Å². The lowest BCUT2D eigenvalue weighted by molar-refractivity contribution is -0.145. The summed E-state index contributed by atoms with van der Waals surface area (Å²) in [5.74, 6) is -0.551. The van der Waals surface area contributed by atoms with Crippen LogP contribution in [-0.4, -0.2) is 31.1 Å². The van der Waals surface area contributed by atoms with Crippen LogP contribution in [0.25, 0.3) is 0 Å². The van der Waals surface area contributed by atoms with E-state index in [0.29, 0.717) is 16.6 Å². The van der Waals surface area contributed by atoms with Gasteiger partial charge in [-0.3, -0.25) is 9.69 Å². The van der Waals surface area contributed by atoms with E-state index in [0.717, 1.165) is 18.7 Å². The smallest absolute Gasteiger partial charge is 0.310 e. The average molecular weight is 364 g/mol. The minimum absolute atomic E-state index is 0.0673. The number of methoxy groups -OCH3 is 1. The summed E-state index contributed by atoms with van der Waals surface area (Å²) >= 11 is 12.8. The molecule has 2 atom stereocenters. The van der Waals surface area contributed by atoms with Crippen LogP contribution in [0.1, 0.15) is 17.0 Å². The molecule has 2 unspecified atom stereocenters. The molecule has 1 saturated heterocycles. The van der Waals surface area contributed by atoms with Crippen LogP contribution in [0.15, 0.2) is 48.5 Å². The van der Waals surface area contributed by atoms with Gasteiger partial charge in [0.25, 0.3) is 0 Å². The Morgan fingerprint density at radius 1 is 1.08 bits per heavy atom. The molecule has 3 rings (SSSR count). The fraction of sp³-hybridized carbons (Fsp3) is 0.316. The number of hydrogen-bond donors (Lipinski definition) is 0. The third kappa shape index (κ3) is 3.59. The highest BCUT2D eigenvalue weighted by molar-refractivity contribution is 6.36. The molecule has 3 nitrogen and oxygen atoms in total. The molecule has 0 saturated carbocycles. The fourth-order valence-electron chi connectivity index (χ4n) is 3.40. The van der Waals surface area contributed by atoms with Crippen molar-refractivity contribution < 1.29 is 9.53 Å². The van der Waals surface area contributed by atoms with Gasteiger partial charge in [-0.2, -0.15) is 0 Å². The van der Waals surface area contributed by atoms with Crippen molar-refractivity contribution in [3.05, 3.63) is 69.7 Å². The van der Waals surface area contributed by atoms with Crippen LogP contribution >= 0.6 is 23.2 Å². The summed E-state index contributed by atoms with van der Waals surface area (Å²) in [5.41, 5.74) is 2.05. The summed E-state index contributed by atoms with van der Waals surface area (Å²) < 4.78 is 5.01. The first-order valence-electron chi connectivity index (χ1n) is 7.88. The van der Waals surface area contributed by atoms with Crippen molar-refractivity contribution in [3.63, 3.8) is 0 Å². The van der Waals surface area contributed by atoms with Gasteiger partial charge in [0.05, 0.1) is 13.0 Å². The van der Waals surface area contributed by atoms with Gasteiger partial charge in [-0.25, -0.2) is 0 Å². The van der Waals surface area contributed by atoms with Gasteiger partial charge in [-0.05, 0) is 23.3 Å². The maximum absolute atomic E-state index is 12.3. The molecule has 0 amide bonds. The Morgan fingerprint density at radius 3 is 2.38 bits per heavy atom. The van der Waals surface area contributed by atoms with E-state index >= 15 is 0 Å². The predicted octanol–water partition coefficient (Wildman–Crippen LogP) is 4.38. The second-order valence-corrected chi connectivity index (χ2v) is 6.87. The van der Waals surface area contributed by atoms with E-state index in [4.69, 9.17) is 27.9 Å². The molecule has 2 aromatic carbocycles. The molecule has 0 bridgehead atoms. The van der Waals surface area contributed by atoms with Gasteiger partial charge in [0.2, 0.25) is 0 Å². The number of nitrogens with zero attached hydrogens (tertiary/aromatic N) is 1. The molecular weight excluding hydrogens is 345 g/mol. The third-order valence-electron chi connectivity index (χ3n) is 4.52. The normalized spacial score (nSPS) is 21.0. The lowest BCUT2D eigenvalue weighted by Crippen LogP contribution is -2.24. The van der Waals surface area contributed by atoms with Gasteiger partial charge in [0.1, 0.15) is 0 Å². The molecule has 24 heavy (non-hydrogen) atoms. The Bertz CT molecular complexity index is 700. The van der Waals surface area contributed by atoms with Gasteiger partial charge < -0.3 is 4.74 Å². The van der Waals surface area contributed by atoms with E-state index in [-0.39, 0.29) is 17.8 Å². The number of esters is 1. The van der Waals surface area contributed by atoms with Gasteiger partial charge in [-0.15, -0.1) is 0 Å². The van der Waals surface area contributed by atoms with E-state index in [1.165, 1.54) is 12.7 Å². The third-order valence-corrected chi connectivity index (χ3v) is 5.18. The molecule has 2 aromatic rings. The second-order valence-electron chi connectivity index (χ2n) is 6.05. The standard InChI is InChI=1S/C19H19Cl2NO2/c1-24-19(23)15-12-22(10-13-6-3-2-4-7-13)11-14(15)18-16(20)8-5-9-17(18)21/h2-9,14-15H,10-12H2,1H3. The maximum Gasteiger partial charge on any atom is 0.310 e. The van der Waals surface area contributed by atoms with Crippen LogP contribution in [0.5, 0.6) is 0 Å². The number of benzene rings is 2. The van der Waals surface area contributed by atoms with Gasteiger partial charge >= 0.3 is 5.97 Å². The minimum Gasteiger partial charge on any atom is -0.469 e. The highest BCUT2D eigenvalue weighted by Gasteiger charge is 2.40. The largest absolute Gasteiger partial charge is 0.469 e. The second kappa shape index (κ2) is 7.56. The van der Waals surface area contributed by atoms with Crippen LogP contribution in [0.2, 0.25) is 10.0 Å². The molecule has 0 N–H and O–H groups in total. The number of ether oxygens (including phenoxy) is 1. The number of rotatable bonds is 4. The lowest BCUT2D eigenvalue weighted by Gasteiger charge is -2.19. The molecule has 1 fully saturated rings. The summed E-state index contributed by atoms with van der Waals surface area (Å²) in [6, 6.07) is 15.7. The van der Waals surface area contributed by atoms with E-state index in [2.05, 4.69) is 17.0 Å². The van der Waals surface area contributed by atoms with E-state index in [9.17, 15) is 4.79 Å². The van der Waals surface area contributed by atoms with Crippen molar-refractivity contribution in [2.45, 2.75) is 12.5 Å². The number of hydrogen-bond acceptors (Lipinski definition) is 3. The monoisotopic (exact) mass is 363 g/mol. The zero-order chi connectivity index (χ0) is 17.1. The Labute approximate surface area is 152 Å². The molecule has 1 heterocycles. The zero-order valence-corrected chi connectivity index (χ0v) is 14.9. The molecule has 0 aliphatic carbocycles. The molecule has 126 valence electrons. The fourth-order valence-corrected chi connectivity index (χ4v) is 4.08. The highest BCUT2D eigenvalue weighted by Crippen LogP contribution is 2.41. The molecule has 1 aliphatic rings. The summed E-state index contributed by atoms with van der Waals surface area (Å²) in [5, 5.41) is 1.20. The molecule has 0 spiro atoms. The maximum atomic E-state index is 12.3. The van der Waals surface area contributed by atoms with Crippen LogP contribution in [0.4, 0.5) is 0 Å². The molecule has 0 radical (unpaired) electrons. The first-order valence-corrected chi connectivity index (χ1v) is 8.63.